The largest absolute Gasteiger partial charge is 0.355 e. The Balaban J connectivity index is 1.82. The van der Waals surface area contributed by atoms with E-state index in [-0.39, 0.29) is 11.8 Å². The topological polar surface area (TPSA) is 83.3 Å². The second-order valence-corrected chi connectivity index (χ2v) is 6.27. The summed E-state index contributed by atoms with van der Waals surface area (Å²) in [5, 5.41) is 13.7. The van der Waals surface area contributed by atoms with Gasteiger partial charge in [0.15, 0.2) is 5.96 Å². The van der Waals surface area contributed by atoms with Gasteiger partial charge in [0.2, 0.25) is 5.91 Å². The van der Waals surface area contributed by atoms with E-state index >= 15 is 0 Å². The third-order valence-electron chi connectivity index (χ3n) is 3.92. The first-order valence-corrected chi connectivity index (χ1v) is 8.86. The number of benzene rings is 1. The maximum atomic E-state index is 11.5. The molecule has 3 N–H and O–H groups in total. The fraction of sp³-hybridized carbons (Fsp3) is 0.421. The first kappa shape index (κ1) is 19.5. The molecule has 1 heterocycles. The number of hydrogen-bond acceptors (Lipinski definition) is 3. The molecule has 0 fully saturated rings. The average Bonchev–Trinajstić information content (AvgIpc) is 3.15. The van der Waals surface area contributed by atoms with Gasteiger partial charge in [0.1, 0.15) is 0 Å². The van der Waals surface area contributed by atoms with Crippen molar-refractivity contribution in [3.63, 3.8) is 0 Å². The van der Waals surface area contributed by atoms with Crippen molar-refractivity contribution in [2.45, 2.75) is 26.9 Å². The van der Waals surface area contributed by atoms with Crippen LogP contribution in [0.15, 0.2) is 47.7 Å². The zero-order valence-electron chi connectivity index (χ0n) is 15.7. The van der Waals surface area contributed by atoms with Crippen LogP contribution in [0.4, 0.5) is 0 Å². The molecule has 1 amide bonds. The minimum Gasteiger partial charge on any atom is -0.355 e. The molecule has 0 aliphatic carbocycles. The summed E-state index contributed by atoms with van der Waals surface area (Å²) in [6, 6.07) is 10.2. The molecule has 0 aliphatic rings. The lowest BCUT2D eigenvalue weighted by atomic mass is 10.1. The standard InChI is InChI=1S/C19H28N6O/c1-15(2)18(26)21-10-11-22-19(20-3)23-13-16-7-4-5-8-17(16)14-25-12-6-9-24-25/h4-9,12,15H,10-11,13-14H2,1-3H3,(H,21,26)(H2,20,22,23). The number of amides is 1. The summed E-state index contributed by atoms with van der Waals surface area (Å²) in [6.07, 6.45) is 3.74. The SMILES string of the molecule is CN=C(NCCNC(=O)C(C)C)NCc1ccccc1Cn1cccn1. The molecule has 0 bridgehead atoms. The van der Waals surface area contributed by atoms with Crippen molar-refractivity contribution < 1.29 is 4.79 Å². The van der Waals surface area contributed by atoms with Crippen LogP contribution in [0.5, 0.6) is 0 Å². The van der Waals surface area contributed by atoms with Crippen molar-refractivity contribution in [2.75, 3.05) is 20.1 Å². The molecule has 0 aliphatic heterocycles. The van der Waals surface area contributed by atoms with Crippen LogP contribution in [0, 0.1) is 5.92 Å². The Bertz CT molecular complexity index is 709. The number of guanidine groups is 1. The minimum atomic E-state index is -0.00118. The Morgan fingerprint density at radius 3 is 2.50 bits per heavy atom. The molecule has 0 saturated heterocycles. The van der Waals surface area contributed by atoms with E-state index in [9.17, 15) is 4.79 Å². The molecular weight excluding hydrogens is 328 g/mol. The van der Waals surface area contributed by atoms with Gasteiger partial charge < -0.3 is 16.0 Å². The molecule has 1 aromatic heterocycles. The van der Waals surface area contributed by atoms with E-state index in [2.05, 4.69) is 38.2 Å². The zero-order chi connectivity index (χ0) is 18.8. The van der Waals surface area contributed by atoms with Gasteiger partial charge in [0, 0.05) is 45.0 Å². The van der Waals surface area contributed by atoms with Crippen LogP contribution < -0.4 is 16.0 Å². The predicted octanol–water partition coefficient (Wildman–Crippen LogP) is 1.37. The van der Waals surface area contributed by atoms with Gasteiger partial charge in [-0.2, -0.15) is 5.10 Å². The summed E-state index contributed by atoms with van der Waals surface area (Å²) in [6.45, 7) is 6.34. The van der Waals surface area contributed by atoms with Crippen LogP contribution in [0.2, 0.25) is 0 Å². The second kappa shape index (κ2) is 10.2. The van der Waals surface area contributed by atoms with Crippen molar-refractivity contribution in [1.82, 2.24) is 25.7 Å². The molecule has 0 unspecified atom stereocenters. The monoisotopic (exact) mass is 356 g/mol. The molecule has 0 atom stereocenters. The Kier molecular flexibility index (Phi) is 7.67. The molecule has 26 heavy (non-hydrogen) atoms. The Hall–Kier alpha value is -2.83. The fourth-order valence-electron chi connectivity index (χ4n) is 2.42. The number of rotatable bonds is 8. The number of aliphatic imine (C=N–C) groups is 1. The van der Waals surface area contributed by atoms with E-state index in [1.165, 1.54) is 11.1 Å². The quantitative estimate of drug-likeness (QED) is 0.379. The van der Waals surface area contributed by atoms with Crippen molar-refractivity contribution in [1.29, 1.82) is 0 Å². The number of aromatic nitrogens is 2. The molecule has 0 radical (unpaired) electrons. The summed E-state index contributed by atoms with van der Waals surface area (Å²) < 4.78 is 1.91. The molecule has 0 saturated carbocycles. The molecule has 140 valence electrons. The summed E-state index contributed by atoms with van der Waals surface area (Å²) in [4.78, 5) is 15.8. The van der Waals surface area contributed by atoms with E-state index in [1.54, 1.807) is 13.2 Å². The van der Waals surface area contributed by atoms with Crippen LogP contribution in [0.1, 0.15) is 25.0 Å². The highest BCUT2D eigenvalue weighted by Gasteiger charge is 2.06. The predicted molar refractivity (Wildman–Crippen MR) is 104 cm³/mol. The summed E-state index contributed by atoms with van der Waals surface area (Å²) in [7, 11) is 1.73. The van der Waals surface area contributed by atoms with Gasteiger partial charge >= 0.3 is 0 Å². The molecule has 2 aromatic rings. The Morgan fingerprint density at radius 1 is 1.12 bits per heavy atom. The lowest BCUT2D eigenvalue weighted by Gasteiger charge is -2.15. The highest BCUT2D eigenvalue weighted by Crippen LogP contribution is 2.10. The van der Waals surface area contributed by atoms with Crippen molar-refractivity contribution in [2.24, 2.45) is 10.9 Å². The van der Waals surface area contributed by atoms with Gasteiger partial charge in [-0.15, -0.1) is 0 Å². The smallest absolute Gasteiger partial charge is 0.222 e. The van der Waals surface area contributed by atoms with E-state index in [0.29, 0.717) is 25.6 Å². The number of carbonyl (C=O) groups excluding carboxylic acids is 1. The fourth-order valence-corrected chi connectivity index (χ4v) is 2.42. The van der Waals surface area contributed by atoms with Crippen molar-refractivity contribution in [3.8, 4) is 0 Å². The maximum absolute atomic E-state index is 11.5. The van der Waals surface area contributed by atoms with Crippen molar-refractivity contribution >= 4 is 11.9 Å². The van der Waals surface area contributed by atoms with Crippen LogP contribution in [0.25, 0.3) is 0 Å². The van der Waals surface area contributed by atoms with Gasteiger partial charge in [-0.05, 0) is 17.2 Å². The Labute approximate surface area is 154 Å². The highest BCUT2D eigenvalue weighted by atomic mass is 16.1. The van der Waals surface area contributed by atoms with Crippen LogP contribution >= 0.6 is 0 Å². The summed E-state index contributed by atoms with van der Waals surface area (Å²) in [5.41, 5.74) is 2.41. The number of nitrogens with zero attached hydrogens (tertiary/aromatic N) is 3. The van der Waals surface area contributed by atoms with Crippen LogP contribution in [-0.4, -0.2) is 41.8 Å². The molecule has 2 rings (SSSR count). The lowest BCUT2D eigenvalue weighted by Crippen LogP contribution is -2.41. The second-order valence-electron chi connectivity index (χ2n) is 6.27. The Morgan fingerprint density at radius 2 is 1.85 bits per heavy atom. The van der Waals surface area contributed by atoms with E-state index in [4.69, 9.17) is 0 Å². The van der Waals surface area contributed by atoms with Gasteiger partial charge in [-0.25, -0.2) is 0 Å². The van der Waals surface area contributed by atoms with Crippen LogP contribution in [0.3, 0.4) is 0 Å². The first-order valence-electron chi connectivity index (χ1n) is 8.86. The van der Waals surface area contributed by atoms with Gasteiger partial charge in [-0.3, -0.25) is 14.5 Å². The lowest BCUT2D eigenvalue weighted by molar-refractivity contribution is -0.123. The third-order valence-corrected chi connectivity index (χ3v) is 3.92. The van der Waals surface area contributed by atoms with E-state index < -0.39 is 0 Å². The minimum absolute atomic E-state index is 0.00118. The normalized spacial score (nSPS) is 11.5. The van der Waals surface area contributed by atoms with E-state index in [0.717, 1.165) is 6.54 Å². The van der Waals surface area contributed by atoms with E-state index in [1.807, 2.05) is 42.9 Å². The third kappa shape index (κ3) is 6.23. The first-order chi connectivity index (χ1) is 12.6. The molecular formula is C19H28N6O. The molecule has 7 heteroatoms. The number of carbonyl (C=O) groups is 1. The molecule has 1 aromatic carbocycles. The molecule has 0 spiro atoms. The number of nitrogens with one attached hydrogen (secondary N) is 3. The van der Waals surface area contributed by atoms with Crippen LogP contribution in [-0.2, 0) is 17.9 Å². The zero-order valence-corrected chi connectivity index (χ0v) is 15.7. The van der Waals surface area contributed by atoms with Gasteiger partial charge in [-0.1, -0.05) is 38.1 Å². The van der Waals surface area contributed by atoms with Gasteiger partial charge in [0.05, 0.1) is 6.54 Å². The summed E-state index contributed by atoms with van der Waals surface area (Å²) >= 11 is 0. The van der Waals surface area contributed by atoms with Gasteiger partial charge in [0.25, 0.3) is 0 Å². The maximum Gasteiger partial charge on any atom is 0.222 e. The summed E-state index contributed by atoms with van der Waals surface area (Å²) in [5.74, 6) is 0.763. The number of hydrogen-bond donors (Lipinski definition) is 3. The average molecular weight is 356 g/mol. The molecule has 7 nitrogen and oxygen atoms in total. The highest BCUT2D eigenvalue weighted by molar-refractivity contribution is 5.80. The van der Waals surface area contributed by atoms with Crippen molar-refractivity contribution in [3.05, 3.63) is 53.9 Å².